The Morgan fingerprint density at radius 1 is 0.966 bits per heavy atom. The second kappa shape index (κ2) is 9.14. The van der Waals surface area contributed by atoms with Gasteiger partial charge < -0.3 is 4.90 Å². The number of amides is 1. The van der Waals surface area contributed by atoms with E-state index in [4.69, 9.17) is 0 Å². The monoisotopic (exact) mass is 419 g/mol. The summed E-state index contributed by atoms with van der Waals surface area (Å²) in [5, 5.41) is 0. The zero-order chi connectivity index (χ0) is 20.3. The van der Waals surface area contributed by atoms with E-state index in [2.05, 4.69) is 9.62 Å². The molecule has 1 aromatic carbocycles. The van der Waals surface area contributed by atoms with E-state index in [9.17, 15) is 13.2 Å². The first-order valence-corrected chi connectivity index (χ1v) is 12.6. The molecule has 0 spiro atoms. The molecule has 1 amide bonds. The number of sulfonamides is 1. The van der Waals surface area contributed by atoms with Crippen LogP contribution in [0.25, 0.3) is 0 Å². The smallest absolute Gasteiger partial charge is 0.240 e. The van der Waals surface area contributed by atoms with Gasteiger partial charge in [0.25, 0.3) is 0 Å². The van der Waals surface area contributed by atoms with Crippen molar-refractivity contribution in [1.29, 1.82) is 0 Å². The molecule has 2 fully saturated rings. The molecule has 2 aliphatic carbocycles. The molecule has 0 radical (unpaired) electrons. The number of nitrogens with one attached hydrogen (secondary N) is 1. The summed E-state index contributed by atoms with van der Waals surface area (Å²) in [6.45, 7) is 3.55. The topological polar surface area (TPSA) is 69.7 Å². The molecule has 0 unspecified atom stereocenters. The fraction of sp³-hybridized carbons (Fsp3) is 0.682. The van der Waals surface area contributed by atoms with Crippen molar-refractivity contribution in [2.24, 2.45) is 0 Å². The molecule has 1 aromatic rings. The first kappa shape index (κ1) is 20.8. The molecule has 160 valence electrons. The fourth-order valence-electron chi connectivity index (χ4n) is 5.02. The number of carbonyl (C=O) groups is 1. The van der Waals surface area contributed by atoms with Crippen molar-refractivity contribution in [2.45, 2.75) is 68.7 Å². The van der Waals surface area contributed by atoms with Crippen LogP contribution in [-0.4, -0.2) is 62.9 Å². The Labute approximate surface area is 174 Å². The Hall–Kier alpha value is -1.44. The van der Waals surface area contributed by atoms with Gasteiger partial charge in [-0.1, -0.05) is 18.9 Å². The number of carbonyl (C=O) groups excluding carboxylic acids is 1. The minimum absolute atomic E-state index is 0.0456. The lowest BCUT2D eigenvalue weighted by Gasteiger charge is -2.38. The average Bonchev–Trinajstić information content (AvgIpc) is 3.28. The fourth-order valence-corrected chi connectivity index (χ4v) is 6.10. The van der Waals surface area contributed by atoms with E-state index in [0.717, 1.165) is 51.0 Å². The van der Waals surface area contributed by atoms with Crippen molar-refractivity contribution in [3.8, 4) is 0 Å². The van der Waals surface area contributed by atoms with Crippen LogP contribution in [0.2, 0.25) is 0 Å². The highest BCUT2D eigenvalue weighted by atomic mass is 32.2. The molecule has 4 rings (SSSR count). The third-order valence-electron chi connectivity index (χ3n) is 6.77. The number of rotatable bonds is 6. The minimum atomic E-state index is -3.57. The van der Waals surface area contributed by atoms with Crippen LogP contribution < -0.4 is 4.72 Å². The molecule has 1 saturated heterocycles. The molecule has 1 N–H and O–H groups in total. The maximum absolute atomic E-state index is 12.6. The molecule has 0 aromatic heterocycles. The molecule has 6 nitrogen and oxygen atoms in total. The molecule has 29 heavy (non-hydrogen) atoms. The first-order chi connectivity index (χ1) is 14.0. The van der Waals surface area contributed by atoms with Gasteiger partial charge in [0.05, 0.1) is 4.90 Å². The van der Waals surface area contributed by atoms with Crippen LogP contribution in [0, 0.1) is 0 Å². The Morgan fingerprint density at radius 2 is 1.66 bits per heavy atom. The Kier molecular flexibility index (Phi) is 6.56. The van der Waals surface area contributed by atoms with Crippen LogP contribution in [0.1, 0.15) is 56.1 Å². The highest BCUT2D eigenvalue weighted by Crippen LogP contribution is 2.25. The predicted octanol–water partition coefficient (Wildman–Crippen LogP) is 2.32. The van der Waals surface area contributed by atoms with Gasteiger partial charge in [-0.15, -0.1) is 0 Å². The number of nitrogens with zero attached hydrogens (tertiary/aromatic N) is 2. The normalized spacial score (nSPS) is 21.3. The van der Waals surface area contributed by atoms with Crippen LogP contribution in [0.3, 0.4) is 0 Å². The van der Waals surface area contributed by atoms with Crippen molar-refractivity contribution in [3.63, 3.8) is 0 Å². The zero-order valence-corrected chi connectivity index (χ0v) is 18.1. The van der Waals surface area contributed by atoms with E-state index in [1.165, 1.54) is 37.7 Å². The number of hydrogen-bond donors (Lipinski definition) is 1. The lowest BCUT2D eigenvalue weighted by Crippen LogP contribution is -2.51. The quantitative estimate of drug-likeness (QED) is 0.768. The van der Waals surface area contributed by atoms with Crippen molar-refractivity contribution >= 4 is 15.9 Å². The SMILES string of the molecule is O=C(CCNS(=O)(=O)c1ccc2c(c1)CCCC2)N1CCN(C2CCCC2)CC1. The van der Waals surface area contributed by atoms with Gasteiger partial charge in [-0.25, -0.2) is 13.1 Å². The van der Waals surface area contributed by atoms with Crippen molar-refractivity contribution in [1.82, 2.24) is 14.5 Å². The molecular formula is C22H33N3O3S. The molecule has 1 heterocycles. The third-order valence-corrected chi connectivity index (χ3v) is 8.23. The summed E-state index contributed by atoms with van der Waals surface area (Å²) >= 11 is 0. The van der Waals surface area contributed by atoms with E-state index in [0.29, 0.717) is 10.9 Å². The molecule has 0 bridgehead atoms. The number of piperazine rings is 1. The van der Waals surface area contributed by atoms with E-state index < -0.39 is 10.0 Å². The van der Waals surface area contributed by atoms with E-state index in [-0.39, 0.29) is 18.9 Å². The molecule has 0 atom stereocenters. The second-order valence-electron chi connectivity index (χ2n) is 8.64. The summed E-state index contributed by atoms with van der Waals surface area (Å²) in [5.74, 6) is 0.0456. The molecule has 1 aliphatic heterocycles. The van der Waals surface area contributed by atoms with Crippen LogP contribution in [0.4, 0.5) is 0 Å². The number of fused-ring (bicyclic) bond motifs is 1. The molecule has 7 heteroatoms. The largest absolute Gasteiger partial charge is 0.340 e. The van der Waals surface area contributed by atoms with Crippen molar-refractivity contribution < 1.29 is 13.2 Å². The summed E-state index contributed by atoms with van der Waals surface area (Å²) in [6, 6.07) is 6.14. The van der Waals surface area contributed by atoms with Gasteiger partial charge in [-0.3, -0.25) is 9.69 Å². The van der Waals surface area contributed by atoms with Gasteiger partial charge in [-0.2, -0.15) is 0 Å². The molecular weight excluding hydrogens is 386 g/mol. The minimum Gasteiger partial charge on any atom is -0.340 e. The Morgan fingerprint density at radius 3 is 2.38 bits per heavy atom. The highest BCUT2D eigenvalue weighted by Gasteiger charge is 2.28. The summed E-state index contributed by atoms with van der Waals surface area (Å²) < 4.78 is 27.9. The standard InChI is InChI=1S/C22H33N3O3S/c26-22(25-15-13-24(14-16-25)20-7-3-4-8-20)11-12-23-29(27,28)21-10-9-18-5-1-2-6-19(18)17-21/h9-10,17,20,23H,1-8,11-16H2. The zero-order valence-electron chi connectivity index (χ0n) is 17.2. The summed E-state index contributed by atoms with van der Waals surface area (Å²) in [6.07, 6.45) is 9.73. The summed E-state index contributed by atoms with van der Waals surface area (Å²) in [7, 11) is -3.57. The van der Waals surface area contributed by atoms with Gasteiger partial charge in [0.1, 0.15) is 0 Å². The average molecular weight is 420 g/mol. The van der Waals surface area contributed by atoms with Crippen LogP contribution in [-0.2, 0) is 27.7 Å². The number of hydrogen-bond acceptors (Lipinski definition) is 4. The summed E-state index contributed by atoms with van der Waals surface area (Å²) in [5.41, 5.74) is 2.41. The Balaban J connectivity index is 1.24. The van der Waals surface area contributed by atoms with E-state index in [1.807, 2.05) is 11.0 Å². The maximum Gasteiger partial charge on any atom is 0.240 e. The van der Waals surface area contributed by atoms with Gasteiger partial charge >= 0.3 is 0 Å². The molecule has 3 aliphatic rings. The number of aryl methyl sites for hydroxylation is 2. The highest BCUT2D eigenvalue weighted by molar-refractivity contribution is 7.89. The second-order valence-corrected chi connectivity index (χ2v) is 10.4. The third kappa shape index (κ3) is 5.01. The van der Waals surface area contributed by atoms with Gasteiger partial charge in [-0.05, 0) is 61.8 Å². The lowest BCUT2D eigenvalue weighted by molar-refractivity contribution is -0.133. The van der Waals surface area contributed by atoms with Crippen LogP contribution in [0.15, 0.2) is 23.1 Å². The predicted molar refractivity (Wildman–Crippen MR) is 113 cm³/mol. The first-order valence-electron chi connectivity index (χ1n) is 11.2. The summed E-state index contributed by atoms with van der Waals surface area (Å²) in [4.78, 5) is 17.2. The lowest BCUT2D eigenvalue weighted by atomic mass is 9.92. The van der Waals surface area contributed by atoms with Crippen LogP contribution in [0.5, 0.6) is 0 Å². The van der Waals surface area contributed by atoms with Crippen LogP contribution >= 0.6 is 0 Å². The van der Waals surface area contributed by atoms with Crippen molar-refractivity contribution in [2.75, 3.05) is 32.7 Å². The van der Waals surface area contributed by atoms with Gasteiger partial charge in [0.2, 0.25) is 15.9 Å². The van der Waals surface area contributed by atoms with Crippen molar-refractivity contribution in [3.05, 3.63) is 29.3 Å². The van der Waals surface area contributed by atoms with Gasteiger partial charge in [0, 0.05) is 45.2 Å². The maximum atomic E-state index is 12.6. The van der Waals surface area contributed by atoms with E-state index >= 15 is 0 Å². The number of benzene rings is 1. The molecule has 1 saturated carbocycles. The van der Waals surface area contributed by atoms with Gasteiger partial charge in [0.15, 0.2) is 0 Å². The Bertz CT molecular complexity index is 826. The van der Waals surface area contributed by atoms with E-state index in [1.54, 1.807) is 12.1 Å².